The van der Waals surface area contributed by atoms with Gasteiger partial charge in [0.1, 0.15) is 0 Å². The van der Waals surface area contributed by atoms with Gasteiger partial charge in [0.15, 0.2) is 0 Å². The molecule has 2 heterocycles. The molecule has 1 amide bonds. The zero-order valence-electron chi connectivity index (χ0n) is 16.1. The predicted molar refractivity (Wildman–Crippen MR) is 113 cm³/mol. The third-order valence-electron chi connectivity index (χ3n) is 5.41. The molecule has 0 spiro atoms. The fraction of sp³-hybridized carbons (Fsp3) is 0.364. The fourth-order valence-electron chi connectivity index (χ4n) is 3.88. The van der Waals surface area contributed by atoms with E-state index in [1.807, 2.05) is 18.2 Å². The van der Waals surface area contributed by atoms with Crippen LogP contribution in [0, 0.1) is 0 Å². The molecular formula is C22H27N5O. The van der Waals surface area contributed by atoms with Gasteiger partial charge in [-0.1, -0.05) is 18.6 Å². The topological polar surface area (TPSA) is 87.0 Å². The maximum atomic E-state index is 11.5. The van der Waals surface area contributed by atoms with Gasteiger partial charge in [-0.05, 0) is 69.2 Å². The van der Waals surface area contributed by atoms with E-state index in [-0.39, 0.29) is 0 Å². The van der Waals surface area contributed by atoms with Crippen molar-refractivity contribution in [2.45, 2.75) is 25.7 Å². The molecule has 0 aliphatic carbocycles. The standard InChI is InChI=1S/C22H27N5O/c23-22(28)17-8-9-20-19(15-17)21(26-25-20)16-6-4-7-18(14-16)24-10-5-13-27-11-2-1-3-12-27/h4,6-9,14-15,24H,1-3,5,10-13H2,(H2,23,28)(H,25,26). The van der Waals surface area contributed by atoms with Gasteiger partial charge in [0, 0.05) is 28.7 Å². The lowest BCUT2D eigenvalue weighted by Crippen LogP contribution is -2.31. The third kappa shape index (κ3) is 4.17. The smallest absolute Gasteiger partial charge is 0.248 e. The maximum absolute atomic E-state index is 11.5. The molecule has 4 N–H and O–H groups in total. The molecule has 6 heteroatoms. The van der Waals surface area contributed by atoms with E-state index in [1.54, 1.807) is 12.1 Å². The second kappa shape index (κ2) is 8.44. The first kappa shape index (κ1) is 18.5. The molecule has 1 aromatic heterocycles. The molecule has 0 saturated carbocycles. The van der Waals surface area contributed by atoms with E-state index in [9.17, 15) is 4.79 Å². The van der Waals surface area contributed by atoms with Gasteiger partial charge in [-0.3, -0.25) is 9.89 Å². The van der Waals surface area contributed by atoms with Gasteiger partial charge in [0.05, 0.1) is 11.2 Å². The molecule has 1 aliphatic heterocycles. The highest BCUT2D eigenvalue weighted by Gasteiger charge is 2.12. The highest BCUT2D eigenvalue weighted by Crippen LogP contribution is 2.28. The lowest BCUT2D eigenvalue weighted by atomic mass is 10.0. The van der Waals surface area contributed by atoms with Crippen molar-refractivity contribution in [1.29, 1.82) is 0 Å². The van der Waals surface area contributed by atoms with Crippen LogP contribution in [0.2, 0.25) is 0 Å². The molecule has 2 aromatic carbocycles. The van der Waals surface area contributed by atoms with Crippen LogP contribution in [0.25, 0.3) is 22.2 Å². The second-order valence-electron chi connectivity index (χ2n) is 7.46. The van der Waals surface area contributed by atoms with Gasteiger partial charge < -0.3 is 16.0 Å². The summed E-state index contributed by atoms with van der Waals surface area (Å²) in [6.07, 6.45) is 5.19. The molecule has 1 saturated heterocycles. The summed E-state index contributed by atoms with van der Waals surface area (Å²) in [5, 5.41) is 11.9. The number of hydrogen-bond acceptors (Lipinski definition) is 4. The molecule has 1 fully saturated rings. The van der Waals surface area contributed by atoms with E-state index in [1.165, 1.54) is 32.4 Å². The number of H-pyrrole nitrogens is 1. The van der Waals surface area contributed by atoms with Crippen molar-refractivity contribution >= 4 is 22.5 Å². The molecule has 0 unspecified atom stereocenters. The summed E-state index contributed by atoms with van der Waals surface area (Å²) in [5.41, 5.74) is 9.72. The number of benzene rings is 2. The number of fused-ring (bicyclic) bond motifs is 1. The molecule has 0 bridgehead atoms. The van der Waals surface area contributed by atoms with Crippen LogP contribution in [0.15, 0.2) is 42.5 Å². The number of nitrogens with zero attached hydrogens (tertiary/aromatic N) is 2. The van der Waals surface area contributed by atoms with Gasteiger partial charge in [-0.2, -0.15) is 5.10 Å². The second-order valence-corrected chi connectivity index (χ2v) is 7.46. The average Bonchev–Trinajstić information content (AvgIpc) is 3.15. The van der Waals surface area contributed by atoms with Crippen LogP contribution in [-0.4, -0.2) is 47.2 Å². The first-order chi connectivity index (χ1) is 13.7. The van der Waals surface area contributed by atoms with Gasteiger partial charge >= 0.3 is 0 Å². The normalized spacial score (nSPS) is 15.0. The summed E-state index contributed by atoms with van der Waals surface area (Å²) >= 11 is 0. The van der Waals surface area contributed by atoms with Crippen LogP contribution in [-0.2, 0) is 0 Å². The van der Waals surface area contributed by atoms with E-state index in [4.69, 9.17) is 5.73 Å². The summed E-state index contributed by atoms with van der Waals surface area (Å²) in [6, 6.07) is 13.6. The Hall–Kier alpha value is -2.86. The maximum Gasteiger partial charge on any atom is 0.248 e. The molecule has 0 atom stereocenters. The average molecular weight is 377 g/mol. The number of hydrogen-bond donors (Lipinski definition) is 3. The lowest BCUT2D eigenvalue weighted by molar-refractivity contribution is 0.100. The van der Waals surface area contributed by atoms with Crippen LogP contribution in [0.3, 0.4) is 0 Å². The molecule has 0 radical (unpaired) electrons. The van der Waals surface area contributed by atoms with Crippen molar-refractivity contribution in [1.82, 2.24) is 15.1 Å². The van der Waals surface area contributed by atoms with Crippen LogP contribution >= 0.6 is 0 Å². The molecule has 146 valence electrons. The highest BCUT2D eigenvalue weighted by atomic mass is 16.1. The Morgan fingerprint density at radius 1 is 1.14 bits per heavy atom. The van der Waals surface area contributed by atoms with E-state index < -0.39 is 5.91 Å². The molecule has 3 aromatic rings. The minimum Gasteiger partial charge on any atom is -0.385 e. The number of piperidine rings is 1. The van der Waals surface area contributed by atoms with Crippen molar-refractivity contribution in [3.05, 3.63) is 48.0 Å². The van der Waals surface area contributed by atoms with Crippen molar-refractivity contribution < 1.29 is 4.79 Å². The van der Waals surface area contributed by atoms with Crippen molar-refractivity contribution in [2.24, 2.45) is 5.73 Å². The summed E-state index contributed by atoms with van der Waals surface area (Å²) in [4.78, 5) is 14.1. The Bertz CT molecular complexity index is 958. The first-order valence-electron chi connectivity index (χ1n) is 10.1. The minimum absolute atomic E-state index is 0.432. The molecular weight excluding hydrogens is 350 g/mol. The number of aromatic nitrogens is 2. The molecule has 1 aliphatic rings. The largest absolute Gasteiger partial charge is 0.385 e. The zero-order chi connectivity index (χ0) is 19.3. The van der Waals surface area contributed by atoms with Crippen molar-refractivity contribution in [3.8, 4) is 11.3 Å². The lowest BCUT2D eigenvalue weighted by Gasteiger charge is -2.26. The number of carbonyl (C=O) groups excluding carboxylic acids is 1. The van der Waals surface area contributed by atoms with Gasteiger partial charge in [-0.25, -0.2) is 0 Å². The van der Waals surface area contributed by atoms with Crippen LogP contribution in [0.4, 0.5) is 5.69 Å². The number of likely N-dealkylation sites (tertiary alicyclic amines) is 1. The predicted octanol–water partition coefficient (Wildman–Crippen LogP) is 3.62. The Balaban J connectivity index is 1.44. The Morgan fingerprint density at radius 2 is 2.00 bits per heavy atom. The number of nitrogens with one attached hydrogen (secondary N) is 2. The minimum atomic E-state index is -0.432. The van der Waals surface area contributed by atoms with Crippen LogP contribution < -0.4 is 11.1 Å². The summed E-state index contributed by atoms with van der Waals surface area (Å²) < 4.78 is 0. The monoisotopic (exact) mass is 377 g/mol. The van der Waals surface area contributed by atoms with Crippen molar-refractivity contribution in [2.75, 3.05) is 31.5 Å². The van der Waals surface area contributed by atoms with Gasteiger partial charge in [0.2, 0.25) is 5.91 Å². The summed E-state index contributed by atoms with van der Waals surface area (Å²) in [5.74, 6) is -0.432. The zero-order valence-corrected chi connectivity index (χ0v) is 16.1. The SMILES string of the molecule is NC(=O)c1ccc2[nH]nc(-c3cccc(NCCCN4CCCCC4)c3)c2c1. The number of rotatable bonds is 7. The van der Waals surface area contributed by atoms with Gasteiger partial charge in [0.25, 0.3) is 0 Å². The summed E-state index contributed by atoms with van der Waals surface area (Å²) in [7, 11) is 0. The summed E-state index contributed by atoms with van der Waals surface area (Å²) in [6.45, 7) is 4.60. The Labute approximate surface area is 165 Å². The number of anilines is 1. The van der Waals surface area contributed by atoms with Crippen LogP contribution in [0.5, 0.6) is 0 Å². The fourth-order valence-corrected chi connectivity index (χ4v) is 3.88. The van der Waals surface area contributed by atoms with Crippen LogP contribution in [0.1, 0.15) is 36.0 Å². The number of aromatic amines is 1. The Kier molecular flexibility index (Phi) is 5.58. The molecule has 4 rings (SSSR count). The van der Waals surface area contributed by atoms with Gasteiger partial charge in [-0.15, -0.1) is 0 Å². The van der Waals surface area contributed by atoms with E-state index in [0.29, 0.717) is 5.56 Å². The van der Waals surface area contributed by atoms with E-state index in [0.717, 1.165) is 47.4 Å². The third-order valence-corrected chi connectivity index (χ3v) is 5.41. The Morgan fingerprint density at radius 3 is 2.82 bits per heavy atom. The number of nitrogens with two attached hydrogens (primary N) is 1. The van der Waals surface area contributed by atoms with E-state index in [2.05, 4.69) is 32.5 Å². The van der Waals surface area contributed by atoms with Crippen molar-refractivity contribution in [3.63, 3.8) is 0 Å². The number of carbonyl (C=O) groups is 1. The quantitative estimate of drug-likeness (QED) is 0.549. The highest BCUT2D eigenvalue weighted by molar-refractivity contribution is 6.00. The first-order valence-corrected chi connectivity index (χ1v) is 10.1. The number of primary amides is 1. The number of amides is 1. The van der Waals surface area contributed by atoms with E-state index >= 15 is 0 Å². The molecule has 28 heavy (non-hydrogen) atoms. The molecule has 6 nitrogen and oxygen atoms in total.